The molecule has 0 aromatic heterocycles. The quantitative estimate of drug-likeness (QED) is 0.340. The molecule has 1 aliphatic rings. The van der Waals surface area contributed by atoms with Crippen LogP contribution in [0.4, 0.5) is 0 Å². The minimum atomic E-state index is 0.125. The molecule has 0 atom stereocenters. The van der Waals surface area contributed by atoms with Gasteiger partial charge in [0.25, 0.3) is 0 Å². The zero-order valence-corrected chi connectivity index (χ0v) is 4.28. The summed E-state index contributed by atoms with van der Waals surface area (Å²) < 4.78 is 0. The topological polar surface area (TPSA) is 0 Å². The van der Waals surface area contributed by atoms with Crippen LogP contribution in [0.25, 0.3) is 0 Å². The van der Waals surface area contributed by atoms with Crippen molar-refractivity contribution in [3.8, 4) is 12.3 Å². The van der Waals surface area contributed by atoms with Gasteiger partial charge in [-0.1, -0.05) is 12.0 Å². The predicted octanol–water partition coefficient (Wildman–Crippen LogP) is 1.59. The summed E-state index contributed by atoms with van der Waals surface area (Å²) in [5.74, 6) is 2.68. The Morgan fingerprint density at radius 1 is 1.71 bits per heavy atom. The molecule has 0 heteroatoms. The molecule has 0 amide bonds. The molecule has 0 aromatic rings. The van der Waals surface area contributed by atoms with Crippen molar-refractivity contribution < 1.29 is 0 Å². The number of hydrogen-bond acceptors (Lipinski definition) is 0. The maximum absolute atomic E-state index is 5.16. The zero-order valence-electron chi connectivity index (χ0n) is 4.28. The Morgan fingerprint density at radius 2 is 2.29 bits per heavy atom. The van der Waals surface area contributed by atoms with E-state index in [9.17, 15) is 0 Å². The molecular weight excluding hydrogens is 84.1 g/mol. The Balaban J connectivity index is 2.64. The Hall–Kier alpha value is -0.700. The van der Waals surface area contributed by atoms with Crippen molar-refractivity contribution in [1.82, 2.24) is 0 Å². The highest BCUT2D eigenvalue weighted by Crippen LogP contribution is 2.45. The summed E-state index contributed by atoms with van der Waals surface area (Å²) in [6.07, 6.45) is 9.32. The third-order valence-electron chi connectivity index (χ3n) is 1.47. The summed E-state index contributed by atoms with van der Waals surface area (Å²) in [5, 5.41) is 0. The monoisotopic (exact) mass is 92.1 g/mol. The SMILES string of the molecule is C#CC1(C=C)CC1. The summed E-state index contributed by atoms with van der Waals surface area (Å²) >= 11 is 0. The van der Waals surface area contributed by atoms with Crippen molar-refractivity contribution in [1.29, 1.82) is 0 Å². The molecule has 36 valence electrons. The first-order valence-electron chi connectivity index (χ1n) is 2.44. The van der Waals surface area contributed by atoms with Gasteiger partial charge in [-0.3, -0.25) is 0 Å². The lowest BCUT2D eigenvalue weighted by Gasteiger charge is -1.90. The average molecular weight is 92.1 g/mol. The Labute approximate surface area is 44.2 Å². The molecule has 0 N–H and O–H groups in total. The second kappa shape index (κ2) is 1.13. The second-order valence-electron chi connectivity index (χ2n) is 2.00. The van der Waals surface area contributed by atoms with Crippen molar-refractivity contribution >= 4 is 0 Å². The van der Waals surface area contributed by atoms with E-state index in [1.807, 2.05) is 6.08 Å². The van der Waals surface area contributed by atoms with E-state index in [-0.39, 0.29) is 5.41 Å². The van der Waals surface area contributed by atoms with Crippen LogP contribution in [0, 0.1) is 17.8 Å². The first-order valence-corrected chi connectivity index (χ1v) is 2.44. The highest BCUT2D eigenvalue weighted by Gasteiger charge is 2.36. The third-order valence-corrected chi connectivity index (χ3v) is 1.47. The fraction of sp³-hybridized carbons (Fsp3) is 0.429. The molecule has 1 rings (SSSR count). The van der Waals surface area contributed by atoms with Crippen LogP contribution in [0.5, 0.6) is 0 Å². The Morgan fingerprint density at radius 3 is 2.29 bits per heavy atom. The molecule has 0 heterocycles. The van der Waals surface area contributed by atoms with E-state index in [1.54, 1.807) is 0 Å². The molecular formula is C7H8. The van der Waals surface area contributed by atoms with Gasteiger partial charge in [-0.05, 0) is 12.8 Å². The minimum absolute atomic E-state index is 0.125. The lowest BCUT2D eigenvalue weighted by molar-refractivity contribution is 0.903. The van der Waals surface area contributed by atoms with Crippen LogP contribution < -0.4 is 0 Å². The lowest BCUT2D eigenvalue weighted by atomic mass is 10.1. The number of rotatable bonds is 1. The fourth-order valence-electron chi connectivity index (χ4n) is 0.542. The minimum Gasteiger partial charge on any atom is -0.119 e. The van der Waals surface area contributed by atoms with E-state index < -0.39 is 0 Å². The predicted molar refractivity (Wildman–Crippen MR) is 30.7 cm³/mol. The third kappa shape index (κ3) is 0.544. The van der Waals surface area contributed by atoms with Gasteiger partial charge < -0.3 is 0 Å². The molecule has 0 aromatic carbocycles. The molecule has 1 fully saturated rings. The van der Waals surface area contributed by atoms with E-state index in [1.165, 1.54) is 0 Å². The van der Waals surface area contributed by atoms with Gasteiger partial charge in [-0.15, -0.1) is 13.0 Å². The number of allylic oxidation sites excluding steroid dienone is 1. The summed E-state index contributed by atoms with van der Waals surface area (Å²) in [6.45, 7) is 3.62. The molecule has 0 spiro atoms. The van der Waals surface area contributed by atoms with E-state index in [2.05, 4.69) is 12.5 Å². The smallest absolute Gasteiger partial charge is 0.0489 e. The van der Waals surface area contributed by atoms with Gasteiger partial charge in [0.2, 0.25) is 0 Å². The largest absolute Gasteiger partial charge is 0.119 e. The van der Waals surface area contributed by atoms with Gasteiger partial charge in [0.15, 0.2) is 0 Å². The van der Waals surface area contributed by atoms with Crippen LogP contribution in [0.2, 0.25) is 0 Å². The van der Waals surface area contributed by atoms with Crippen LogP contribution in [0.3, 0.4) is 0 Å². The molecule has 0 bridgehead atoms. The highest BCUT2D eigenvalue weighted by atomic mass is 14.4. The lowest BCUT2D eigenvalue weighted by Crippen LogP contribution is -1.84. The number of terminal acetylenes is 1. The molecule has 0 saturated heterocycles. The van der Waals surface area contributed by atoms with Gasteiger partial charge in [-0.2, -0.15) is 0 Å². The first kappa shape index (κ1) is 4.46. The van der Waals surface area contributed by atoms with Crippen molar-refractivity contribution in [2.75, 3.05) is 0 Å². The summed E-state index contributed by atoms with van der Waals surface area (Å²) in [4.78, 5) is 0. The molecule has 7 heavy (non-hydrogen) atoms. The zero-order chi connectivity index (χ0) is 5.33. The second-order valence-corrected chi connectivity index (χ2v) is 2.00. The van der Waals surface area contributed by atoms with Crippen molar-refractivity contribution in [2.24, 2.45) is 5.41 Å². The standard InChI is InChI=1S/C7H8/c1-3-7(4-2)5-6-7/h1,4H,2,5-6H2. The number of hydrogen-bond donors (Lipinski definition) is 0. The van der Waals surface area contributed by atoms with Gasteiger partial charge in [-0.25, -0.2) is 0 Å². The summed E-state index contributed by atoms with van der Waals surface area (Å²) in [5.41, 5.74) is 0.125. The van der Waals surface area contributed by atoms with Crippen LogP contribution >= 0.6 is 0 Å². The van der Waals surface area contributed by atoms with E-state index >= 15 is 0 Å². The Bertz CT molecular complexity index is 121. The van der Waals surface area contributed by atoms with Gasteiger partial charge in [0.1, 0.15) is 0 Å². The average Bonchev–Trinajstić information content (AvgIpc) is 2.46. The maximum atomic E-state index is 5.16. The molecule has 0 nitrogen and oxygen atoms in total. The summed E-state index contributed by atoms with van der Waals surface area (Å²) in [7, 11) is 0. The van der Waals surface area contributed by atoms with Crippen molar-refractivity contribution in [2.45, 2.75) is 12.8 Å². The Kier molecular flexibility index (Phi) is 0.722. The van der Waals surface area contributed by atoms with Crippen LogP contribution in [0.15, 0.2) is 12.7 Å². The maximum Gasteiger partial charge on any atom is 0.0489 e. The first-order chi connectivity index (χ1) is 3.33. The normalized spacial score (nSPS) is 22.7. The van der Waals surface area contributed by atoms with Crippen LogP contribution in [-0.2, 0) is 0 Å². The van der Waals surface area contributed by atoms with Crippen molar-refractivity contribution in [3.63, 3.8) is 0 Å². The highest BCUT2D eigenvalue weighted by molar-refractivity contribution is 5.23. The van der Waals surface area contributed by atoms with Gasteiger partial charge in [0.05, 0.1) is 0 Å². The van der Waals surface area contributed by atoms with Gasteiger partial charge in [0, 0.05) is 5.41 Å². The van der Waals surface area contributed by atoms with Gasteiger partial charge >= 0.3 is 0 Å². The van der Waals surface area contributed by atoms with E-state index in [4.69, 9.17) is 6.42 Å². The van der Waals surface area contributed by atoms with Crippen LogP contribution in [0.1, 0.15) is 12.8 Å². The summed E-state index contributed by atoms with van der Waals surface area (Å²) in [6, 6.07) is 0. The van der Waals surface area contributed by atoms with E-state index in [0.29, 0.717) is 0 Å². The molecule has 0 aliphatic heterocycles. The molecule has 0 radical (unpaired) electrons. The molecule has 0 unspecified atom stereocenters. The molecule has 1 saturated carbocycles. The van der Waals surface area contributed by atoms with E-state index in [0.717, 1.165) is 12.8 Å². The van der Waals surface area contributed by atoms with Crippen LogP contribution in [-0.4, -0.2) is 0 Å². The van der Waals surface area contributed by atoms with Crippen molar-refractivity contribution in [3.05, 3.63) is 12.7 Å². The fourth-order valence-corrected chi connectivity index (χ4v) is 0.542. The molecule has 1 aliphatic carbocycles.